The predicted molar refractivity (Wildman–Crippen MR) is 224 cm³/mol. The van der Waals surface area contributed by atoms with Crippen LogP contribution in [-0.4, -0.2) is 183 Å². The molecule has 3 fully saturated rings. The second kappa shape index (κ2) is 25.9. The van der Waals surface area contributed by atoms with Gasteiger partial charge in [0.1, 0.15) is 31.5 Å². The minimum Gasteiger partial charge on any atom is -0.492 e. The molecule has 0 aromatic rings. The fraction of sp³-hybridized carbons (Fsp3) is 0.727. The van der Waals surface area contributed by atoms with E-state index in [9.17, 15) is 47.9 Å². The fourth-order valence-electron chi connectivity index (χ4n) is 7.99. The molecule has 27 nitrogen and oxygen atoms in total. The van der Waals surface area contributed by atoms with Crippen molar-refractivity contribution in [3.05, 3.63) is 12.3 Å². The normalized spacial score (nSPS) is 34.4. The molecule has 0 amide bonds. The number of ether oxygens (including phenoxy) is 17. The summed E-state index contributed by atoms with van der Waals surface area (Å²) in [5.41, 5.74) is 0. The second-order valence-electron chi connectivity index (χ2n) is 16.5. The molecule has 0 aromatic carbocycles. The smallest absolute Gasteiger partial charge is 0.303 e. The standard InChI is InChI=1S/C44H60O27/c1-17-32(60-21(5)47)36(63-24(8)50)39(66-27(11)53)42(58-17)68-29-13-14-55-30(15-56-19(3)45)34(29)70-44-41(38(65-26(10)52)35(62-23(7)49)31(69-44)16-57-20(4)46)71-43-40(67-28(12)54)37(64-25(9)51)33(18(2)59-43)61-22(6)48/h13-14,17-18,29-44H,15-16H2,1-12H3/t17?,18?,29?,30?,31?,32-,33-,34+,35+,36?,37?,38+,39+,40+,41?,42+,43?,44+/m1/s1. The van der Waals surface area contributed by atoms with Crippen molar-refractivity contribution < 1.29 is 128 Å². The summed E-state index contributed by atoms with van der Waals surface area (Å²) < 4.78 is 99.1. The Morgan fingerprint density at radius 1 is 0.352 bits per heavy atom. The van der Waals surface area contributed by atoms with Gasteiger partial charge in [0.15, 0.2) is 79.9 Å². The van der Waals surface area contributed by atoms with E-state index in [1.165, 1.54) is 19.9 Å². The lowest BCUT2D eigenvalue weighted by Crippen LogP contribution is -2.67. The molecule has 71 heavy (non-hydrogen) atoms. The number of rotatable bonds is 18. The summed E-state index contributed by atoms with van der Waals surface area (Å²) in [7, 11) is 0. The monoisotopic (exact) mass is 1020 g/mol. The third kappa shape index (κ3) is 16.5. The molecule has 4 heterocycles. The molecule has 3 saturated heterocycles. The van der Waals surface area contributed by atoms with Crippen LogP contribution < -0.4 is 0 Å². The minimum absolute atomic E-state index is 0.567. The molecule has 27 heteroatoms. The van der Waals surface area contributed by atoms with Crippen molar-refractivity contribution in [3.63, 3.8) is 0 Å². The zero-order chi connectivity index (χ0) is 53.0. The highest BCUT2D eigenvalue weighted by atomic mass is 16.8. The highest BCUT2D eigenvalue weighted by molar-refractivity contribution is 5.70. The van der Waals surface area contributed by atoms with Gasteiger partial charge in [-0.15, -0.1) is 0 Å². The molecule has 0 saturated carbocycles. The van der Waals surface area contributed by atoms with Gasteiger partial charge in [0, 0.05) is 69.2 Å². The van der Waals surface area contributed by atoms with Gasteiger partial charge in [0.05, 0.1) is 18.5 Å². The predicted octanol–water partition coefficient (Wildman–Crippen LogP) is -0.151. The summed E-state index contributed by atoms with van der Waals surface area (Å²) in [5, 5.41) is 0. The van der Waals surface area contributed by atoms with E-state index in [0.29, 0.717) is 0 Å². The molecule has 0 bridgehead atoms. The topological polar surface area (TPSA) is 328 Å². The van der Waals surface area contributed by atoms with Crippen molar-refractivity contribution in [1.82, 2.24) is 0 Å². The van der Waals surface area contributed by atoms with Crippen LogP contribution in [0, 0.1) is 0 Å². The van der Waals surface area contributed by atoms with Crippen LogP contribution in [0.15, 0.2) is 12.3 Å². The summed E-state index contributed by atoms with van der Waals surface area (Å²) in [5.74, 6) is -8.83. The molecule has 9 unspecified atom stereocenters. The van der Waals surface area contributed by atoms with E-state index < -0.39 is 183 Å². The maximum absolute atomic E-state index is 13.0. The Labute approximate surface area is 406 Å². The van der Waals surface area contributed by atoms with E-state index in [4.69, 9.17) is 80.5 Å². The number of carbonyl (C=O) groups excluding carboxylic acids is 10. The van der Waals surface area contributed by atoms with E-state index in [2.05, 4.69) is 0 Å². The van der Waals surface area contributed by atoms with Crippen LogP contribution >= 0.6 is 0 Å². The molecule has 398 valence electrons. The van der Waals surface area contributed by atoms with Crippen LogP contribution in [0.2, 0.25) is 0 Å². The van der Waals surface area contributed by atoms with Gasteiger partial charge in [-0.1, -0.05) is 0 Å². The first kappa shape index (κ1) is 57.6. The van der Waals surface area contributed by atoms with Gasteiger partial charge in [-0.3, -0.25) is 47.9 Å². The highest BCUT2D eigenvalue weighted by Gasteiger charge is 2.59. The molecule has 0 spiro atoms. The first-order valence-corrected chi connectivity index (χ1v) is 22.1. The molecule has 4 rings (SSSR count). The SMILES string of the molecule is CC(=O)OCC1OC=CC(O[C@@H]2OC(C)[C@@H](OC(C)=O)C(OC(C)=O)[C@@H]2OC(C)=O)[C@@H]1O[C@@H]1OC(COC(C)=O)[C@H](OC(C)=O)[C@H](OC(C)=O)C1OC1OC(C)[C@@H](OC(C)=O)C(OC(C)=O)[C@@H]1OC(C)=O. The largest absolute Gasteiger partial charge is 0.492 e. The lowest BCUT2D eigenvalue weighted by Gasteiger charge is -2.49. The van der Waals surface area contributed by atoms with Crippen LogP contribution in [-0.2, 0) is 128 Å². The summed E-state index contributed by atoms with van der Waals surface area (Å²) in [6, 6.07) is 0. The molecule has 4 aliphatic rings. The van der Waals surface area contributed by atoms with Gasteiger partial charge < -0.3 is 80.5 Å². The van der Waals surface area contributed by atoms with E-state index in [0.717, 1.165) is 75.5 Å². The van der Waals surface area contributed by atoms with Gasteiger partial charge in [-0.2, -0.15) is 0 Å². The highest BCUT2D eigenvalue weighted by Crippen LogP contribution is 2.38. The van der Waals surface area contributed by atoms with Gasteiger partial charge in [0.25, 0.3) is 0 Å². The van der Waals surface area contributed by atoms with Crippen LogP contribution in [0.25, 0.3) is 0 Å². The summed E-state index contributed by atoms with van der Waals surface area (Å²) in [6.45, 7) is 12.1. The number of esters is 10. The Morgan fingerprint density at radius 3 is 1.08 bits per heavy atom. The molecule has 18 atom stereocenters. The molecule has 0 radical (unpaired) electrons. The third-order valence-electron chi connectivity index (χ3n) is 10.4. The Hall–Kier alpha value is -6.00. The summed E-state index contributed by atoms with van der Waals surface area (Å²) in [6.07, 6.45) is -26.1. The Morgan fingerprint density at radius 2 is 0.676 bits per heavy atom. The van der Waals surface area contributed by atoms with Crippen molar-refractivity contribution in [2.24, 2.45) is 0 Å². The van der Waals surface area contributed by atoms with Gasteiger partial charge in [-0.05, 0) is 19.9 Å². The van der Waals surface area contributed by atoms with Crippen LogP contribution in [0.1, 0.15) is 83.1 Å². The van der Waals surface area contributed by atoms with Crippen molar-refractivity contribution >= 4 is 59.7 Å². The van der Waals surface area contributed by atoms with Crippen molar-refractivity contribution in [2.75, 3.05) is 13.2 Å². The fourth-order valence-corrected chi connectivity index (χ4v) is 7.99. The molecular formula is C44H60O27. The Kier molecular flexibility index (Phi) is 21.0. The Balaban J connectivity index is 1.92. The van der Waals surface area contributed by atoms with Crippen LogP contribution in [0.3, 0.4) is 0 Å². The van der Waals surface area contributed by atoms with Crippen molar-refractivity contribution in [2.45, 2.75) is 194 Å². The van der Waals surface area contributed by atoms with E-state index in [-0.39, 0.29) is 0 Å². The van der Waals surface area contributed by atoms with Gasteiger partial charge in [-0.25, -0.2) is 0 Å². The van der Waals surface area contributed by atoms with E-state index in [1.807, 2.05) is 0 Å². The lowest BCUT2D eigenvalue weighted by atomic mass is 9.96. The molecule has 0 N–H and O–H groups in total. The first-order chi connectivity index (χ1) is 33.2. The zero-order valence-electron chi connectivity index (χ0n) is 41.0. The maximum atomic E-state index is 13.0. The molecule has 0 aliphatic carbocycles. The number of hydrogen-bond donors (Lipinski definition) is 0. The van der Waals surface area contributed by atoms with Crippen molar-refractivity contribution in [3.8, 4) is 0 Å². The van der Waals surface area contributed by atoms with E-state index >= 15 is 0 Å². The Bertz CT molecular complexity index is 1990. The van der Waals surface area contributed by atoms with Crippen molar-refractivity contribution in [1.29, 1.82) is 0 Å². The molecular weight excluding hydrogens is 960 g/mol. The van der Waals surface area contributed by atoms with Gasteiger partial charge >= 0.3 is 59.7 Å². The summed E-state index contributed by atoms with van der Waals surface area (Å²) >= 11 is 0. The lowest BCUT2D eigenvalue weighted by molar-refractivity contribution is -0.379. The summed E-state index contributed by atoms with van der Waals surface area (Å²) in [4.78, 5) is 125. The molecule has 0 aromatic heterocycles. The average molecular weight is 1020 g/mol. The number of carbonyl (C=O) groups is 10. The van der Waals surface area contributed by atoms with Crippen LogP contribution in [0.5, 0.6) is 0 Å². The second-order valence-corrected chi connectivity index (χ2v) is 16.5. The van der Waals surface area contributed by atoms with Gasteiger partial charge in [0.2, 0.25) is 0 Å². The first-order valence-electron chi connectivity index (χ1n) is 22.1. The average Bonchev–Trinajstić information content (AvgIpc) is 3.23. The third-order valence-corrected chi connectivity index (χ3v) is 10.4. The zero-order valence-corrected chi connectivity index (χ0v) is 41.0. The van der Waals surface area contributed by atoms with E-state index in [1.54, 1.807) is 0 Å². The van der Waals surface area contributed by atoms with Crippen LogP contribution in [0.4, 0.5) is 0 Å². The molecule has 4 aliphatic heterocycles. The minimum atomic E-state index is -1.97. The quantitative estimate of drug-likeness (QED) is 0.127. The number of hydrogen-bond acceptors (Lipinski definition) is 27. The maximum Gasteiger partial charge on any atom is 0.303 e.